The quantitative estimate of drug-likeness (QED) is 0.326. The number of nitrogens with zero attached hydrogens (tertiary/aromatic N) is 1. The van der Waals surface area contributed by atoms with E-state index in [2.05, 4.69) is 4.98 Å². The predicted molar refractivity (Wildman–Crippen MR) is 125 cm³/mol. The van der Waals surface area contributed by atoms with E-state index in [1.165, 1.54) is 43.6 Å². The summed E-state index contributed by atoms with van der Waals surface area (Å²) in [5.41, 5.74) is 1.89. The van der Waals surface area contributed by atoms with Crippen LogP contribution in [0.5, 0.6) is 11.5 Å². The first-order valence-electron chi connectivity index (χ1n) is 11.1. The van der Waals surface area contributed by atoms with Gasteiger partial charge in [0.1, 0.15) is 17.7 Å². The minimum Gasteiger partial charge on any atom is -0.503 e. The van der Waals surface area contributed by atoms with Crippen molar-refractivity contribution in [3.8, 4) is 11.5 Å². The number of aromatic nitrogens is 1. The van der Waals surface area contributed by atoms with Crippen molar-refractivity contribution in [3.63, 3.8) is 0 Å². The Balaban J connectivity index is 1.80. The largest absolute Gasteiger partial charge is 0.503 e. The summed E-state index contributed by atoms with van der Waals surface area (Å²) >= 11 is 0. The maximum absolute atomic E-state index is 13.7. The molecule has 0 unspecified atom stereocenters. The lowest BCUT2D eigenvalue weighted by atomic mass is 9.84. The van der Waals surface area contributed by atoms with Crippen LogP contribution in [-0.4, -0.2) is 35.1 Å². The summed E-state index contributed by atoms with van der Waals surface area (Å²) < 4.78 is 38.0. The third-order valence-electron chi connectivity index (χ3n) is 5.83. The molecule has 6 nitrogen and oxygen atoms in total. The van der Waals surface area contributed by atoms with E-state index < -0.39 is 47.1 Å². The number of rotatable bonds is 9. The van der Waals surface area contributed by atoms with Gasteiger partial charge in [-0.1, -0.05) is 25.1 Å². The fourth-order valence-electron chi connectivity index (χ4n) is 3.99. The number of ether oxygens (including phenoxy) is 2. The molecular weight excluding hydrogens is 456 g/mol. The maximum atomic E-state index is 13.7. The number of carbonyl (C=O) groups is 2. The van der Waals surface area contributed by atoms with Crippen LogP contribution in [0.1, 0.15) is 53.4 Å². The summed E-state index contributed by atoms with van der Waals surface area (Å²) in [6.45, 7) is 4.98. The molecule has 0 amide bonds. The van der Waals surface area contributed by atoms with E-state index in [-0.39, 0.29) is 17.9 Å². The number of Topliss-reactive ketones (excluding diaryl/α,β-unsaturated/α-hetero) is 1. The van der Waals surface area contributed by atoms with Crippen LogP contribution in [0.25, 0.3) is 0 Å². The number of aromatic hydroxyl groups is 1. The zero-order valence-corrected chi connectivity index (χ0v) is 19.9. The van der Waals surface area contributed by atoms with Crippen molar-refractivity contribution < 1.29 is 33.0 Å². The average Bonchev–Trinajstić information content (AvgIpc) is 2.81. The number of aryl methyl sites for hydroxylation is 1. The highest BCUT2D eigenvalue weighted by Crippen LogP contribution is 2.33. The molecule has 0 aliphatic heterocycles. The Morgan fingerprint density at radius 2 is 1.69 bits per heavy atom. The lowest BCUT2D eigenvalue weighted by Gasteiger charge is -2.27. The second kappa shape index (κ2) is 11.1. The number of pyridine rings is 1. The second-order valence-corrected chi connectivity index (χ2v) is 8.41. The van der Waals surface area contributed by atoms with Crippen LogP contribution in [0.3, 0.4) is 0 Å². The number of methoxy groups -OCH3 is 1. The predicted octanol–water partition coefficient (Wildman–Crippen LogP) is 5.36. The van der Waals surface area contributed by atoms with E-state index >= 15 is 0 Å². The topological polar surface area (TPSA) is 85.7 Å². The van der Waals surface area contributed by atoms with Gasteiger partial charge >= 0.3 is 5.97 Å². The molecule has 184 valence electrons. The van der Waals surface area contributed by atoms with Crippen molar-refractivity contribution in [2.75, 3.05) is 7.11 Å². The Kier molecular flexibility index (Phi) is 8.17. The number of hydrogen-bond acceptors (Lipinski definition) is 6. The van der Waals surface area contributed by atoms with Crippen molar-refractivity contribution in [1.29, 1.82) is 0 Å². The molecule has 0 saturated heterocycles. The molecule has 3 atom stereocenters. The highest BCUT2D eigenvalue weighted by molar-refractivity contribution is 5.99. The molecule has 8 heteroatoms. The van der Waals surface area contributed by atoms with Crippen LogP contribution in [0.15, 0.2) is 54.7 Å². The van der Waals surface area contributed by atoms with Crippen molar-refractivity contribution in [3.05, 3.63) is 88.7 Å². The minimum atomic E-state index is -0.833. The number of hydrogen-bond donors (Lipinski definition) is 1. The van der Waals surface area contributed by atoms with Gasteiger partial charge in [-0.2, -0.15) is 0 Å². The summed E-state index contributed by atoms with van der Waals surface area (Å²) in [7, 11) is 1.35. The van der Waals surface area contributed by atoms with Crippen LogP contribution in [-0.2, 0) is 9.53 Å². The van der Waals surface area contributed by atoms with E-state index in [0.717, 1.165) is 5.56 Å². The van der Waals surface area contributed by atoms with E-state index in [0.29, 0.717) is 11.1 Å². The van der Waals surface area contributed by atoms with E-state index in [9.17, 15) is 23.5 Å². The Morgan fingerprint density at radius 3 is 2.31 bits per heavy atom. The van der Waals surface area contributed by atoms with Gasteiger partial charge in [0, 0.05) is 24.6 Å². The van der Waals surface area contributed by atoms with Crippen molar-refractivity contribution in [1.82, 2.24) is 4.98 Å². The van der Waals surface area contributed by atoms with Crippen LogP contribution in [0.2, 0.25) is 0 Å². The van der Waals surface area contributed by atoms with Crippen LogP contribution in [0, 0.1) is 24.5 Å². The van der Waals surface area contributed by atoms with Gasteiger partial charge in [-0.25, -0.2) is 13.8 Å². The number of ketones is 1. The normalized spacial score (nSPS) is 13.5. The zero-order chi connectivity index (χ0) is 25.7. The lowest BCUT2D eigenvalue weighted by molar-refractivity contribution is -0.153. The summed E-state index contributed by atoms with van der Waals surface area (Å²) in [5, 5.41) is 10.2. The first-order valence-corrected chi connectivity index (χ1v) is 11.1. The Hall–Kier alpha value is -3.81. The first-order chi connectivity index (χ1) is 16.6. The molecule has 0 fully saturated rings. The smallest absolute Gasteiger partial charge is 0.309 e. The van der Waals surface area contributed by atoms with Gasteiger partial charge in [-0.15, -0.1) is 0 Å². The summed E-state index contributed by atoms with van der Waals surface area (Å²) in [6.07, 6.45) is 0.378. The van der Waals surface area contributed by atoms with Crippen molar-refractivity contribution in [2.24, 2.45) is 5.92 Å². The molecule has 0 aliphatic carbocycles. The summed E-state index contributed by atoms with van der Waals surface area (Å²) in [5.74, 6) is -3.58. The molecule has 0 bridgehead atoms. The highest BCUT2D eigenvalue weighted by atomic mass is 19.1. The van der Waals surface area contributed by atoms with E-state index in [4.69, 9.17) is 9.47 Å². The molecule has 0 radical (unpaired) electrons. The van der Waals surface area contributed by atoms with E-state index in [1.807, 2.05) is 0 Å². The molecule has 2 aromatic carbocycles. The molecule has 0 aliphatic rings. The van der Waals surface area contributed by atoms with Crippen LogP contribution < -0.4 is 4.74 Å². The molecule has 1 aromatic heterocycles. The molecule has 3 rings (SSSR count). The molecular formula is C27H27F2NO5. The molecule has 3 aromatic rings. The van der Waals surface area contributed by atoms with Gasteiger partial charge in [0.05, 0.1) is 13.0 Å². The van der Waals surface area contributed by atoms with Gasteiger partial charge in [0.25, 0.3) is 0 Å². The molecule has 0 spiro atoms. The molecule has 1 N–H and O–H groups in total. The standard InChI is InChI=1S/C27H27F2NO5/c1-15-13-20(29)9-10-21(15)24(18-5-7-19(28)8-6-18)17(3)35-27(33)16(2)14-22(31)25-26(32)23(34-4)11-12-30-25/h5-13,16-17,24,32H,14H2,1-4H3/t16-,17+,24-/m1/s1. The number of carbonyl (C=O) groups excluding carboxylic acids is 2. The second-order valence-electron chi connectivity index (χ2n) is 8.41. The monoisotopic (exact) mass is 483 g/mol. The lowest BCUT2D eigenvalue weighted by Crippen LogP contribution is -2.28. The SMILES string of the molecule is COc1ccnc(C(=O)C[C@@H](C)C(=O)O[C@@H](C)[C@H](c2ccc(F)cc2)c2ccc(F)cc2C)c1O. The Bertz CT molecular complexity index is 1210. The molecule has 35 heavy (non-hydrogen) atoms. The van der Waals surface area contributed by atoms with Crippen molar-refractivity contribution in [2.45, 2.75) is 39.2 Å². The third-order valence-corrected chi connectivity index (χ3v) is 5.83. The van der Waals surface area contributed by atoms with Crippen molar-refractivity contribution >= 4 is 11.8 Å². The summed E-state index contributed by atoms with van der Waals surface area (Å²) in [4.78, 5) is 29.4. The van der Waals surface area contributed by atoms with Gasteiger partial charge in [0.15, 0.2) is 23.0 Å². The Morgan fingerprint density at radius 1 is 1.03 bits per heavy atom. The maximum Gasteiger partial charge on any atom is 0.309 e. The summed E-state index contributed by atoms with van der Waals surface area (Å²) in [6, 6.07) is 11.5. The number of halogens is 2. The van der Waals surface area contributed by atoms with Crippen LogP contribution in [0.4, 0.5) is 8.78 Å². The van der Waals surface area contributed by atoms with Gasteiger partial charge in [0.2, 0.25) is 0 Å². The fourth-order valence-corrected chi connectivity index (χ4v) is 3.99. The van der Waals surface area contributed by atoms with Crippen LogP contribution >= 0.6 is 0 Å². The highest BCUT2D eigenvalue weighted by Gasteiger charge is 2.29. The zero-order valence-electron chi connectivity index (χ0n) is 19.9. The number of esters is 1. The Labute approximate surface area is 202 Å². The molecule has 0 saturated carbocycles. The first kappa shape index (κ1) is 25.8. The molecule has 1 heterocycles. The minimum absolute atomic E-state index is 0.101. The van der Waals surface area contributed by atoms with Gasteiger partial charge in [-0.05, 0) is 54.8 Å². The third kappa shape index (κ3) is 6.01. The number of benzene rings is 2. The fraction of sp³-hybridized carbons (Fsp3) is 0.296. The van der Waals surface area contributed by atoms with Gasteiger partial charge in [-0.3, -0.25) is 9.59 Å². The average molecular weight is 484 g/mol. The van der Waals surface area contributed by atoms with Gasteiger partial charge < -0.3 is 14.6 Å². The van der Waals surface area contributed by atoms with E-state index in [1.54, 1.807) is 39.0 Å².